The molecule has 116 valence electrons. The van der Waals surface area contributed by atoms with Crippen LogP contribution in [0.25, 0.3) is 10.6 Å². The predicted molar refractivity (Wildman–Crippen MR) is 79.0 cm³/mol. The Bertz CT molecular complexity index is 702. The molecule has 2 aromatic rings. The molecule has 1 spiro atoms. The number of nitrogens with one attached hydrogen (secondary N) is 1. The van der Waals surface area contributed by atoms with Gasteiger partial charge in [-0.05, 0) is 30.4 Å². The largest absolute Gasteiger partial charge is 0.337 e. The van der Waals surface area contributed by atoms with Gasteiger partial charge in [0.1, 0.15) is 0 Å². The first kappa shape index (κ1) is 13.9. The first-order valence-corrected chi connectivity index (χ1v) is 8.15. The monoisotopic (exact) mass is 323 g/mol. The molecule has 22 heavy (non-hydrogen) atoms. The smallest absolute Gasteiger partial charge is 0.274 e. The number of alkyl halides is 2. The quantitative estimate of drug-likeness (QED) is 0.921. The molecular formula is C15H15F2N3OS. The van der Waals surface area contributed by atoms with Gasteiger partial charge in [-0.25, -0.2) is 8.78 Å². The molecular weight excluding hydrogens is 308 g/mol. The van der Waals surface area contributed by atoms with Crippen LogP contribution in [0.1, 0.15) is 29.8 Å². The summed E-state index contributed by atoms with van der Waals surface area (Å²) < 4.78 is 26.7. The Labute approximate surface area is 130 Å². The Hall–Kier alpha value is -1.76. The van der Waals surface area contributed by atoms with E-state index >= 15 is 0 Å². The molecule has 1 amide bonds. The normalized spacial score (nSPS) is 22.0. The summed E-state index contributed by atoms with van der Waals surface area (Å²) in [6, 6.07) is 5.61. The van der Waals surface area contributed by atoms with E-state index in [1.165, 1.54) is 0 Å². The van der Waals surface area contributed by atoms with Crippen LogP contribution in [-0.4, -0.2) is 40.0 Å². The Balaban J connectivity index is 1.45. The Morgan fingerprint density at radius 3 is 2.68 bits per heavy atom. The van der Waals surface area contributed by atoms with Crippen LogP contribution in [0.3, 0.4) is 0 Å². The second-order valence-electron chi connectivity index (χ2n) is 6.10. The summed E-state index contributed by atoms with van der Waals surface area (Å²) in [7, 11) is 0. The van der Waals surface area contributed by atoms with E-state index in [9.17, 15) is 13.6 Å². The number of thiophene rings is 1. The Kier molecular flexibility index (Phi) is 2.91. The summed E-state index contributed by atoms with van der Waals surface area (Å²) >= 11 is 1.56. The number of amides is 1. The highest BCUT2D eigenvalue weighted by Crippen LogP contribution is 2.65. The molecule has 1 N–H and O–H groups in total. The van der Waals surface area contributed by atoms with Crippen molar-refractivity contribution in [3.05, 3.63) is 29.3 Å². The number of H-pyrrole nitrogens is 1. The van der Waals surface area contributed by atoms with E-state index in [0.29, 0.717) is 31.6 Å². The van der Waals surface area contributed by atoms with Crippen LogP contribution < -0.4 is 0 Å². The SMILES string of the molecule is O=C(c1cc(-c2cccs2)[nH]n1)N1CCC2(CC1)CC2(F)F. The van der Waals surface area contributed by atoms with E-state index in [1.54, 1.807) is 22.3 Å². The first-order chi connectivity index (χ1) is 10.5. The van der Waals surface area contributed by atoms with Crippen LogP contribution in [0.15, 0.2) is 23.6 Å². The lowest BCUT2D eigenvalue weighted by molar-refractivity contribution is 0.0282. The average molecular weight is 323 g/mol. The van der Waals surface area contributed by atoms with Gasteiger partial charge in [0.05, 0.1) is 10.6 Å². The molecule has 3 heterocycles. The van der Waals surface area contributed by atoms with Crippen LogP contribution in [0.2, 0.25) is 0 Å². The fraction of sp³-hybridized carbons (Fsp3) is 0.467. The van der Waals surface area contributed by atoms with Crippen molar-refractivity contribution in [2.45, 2.75) is 25.2 Å². The zero-order valence-electron chi connectivity index (χ0n) is 11.8. The van der Waals surface area contributed by atoms with E-state index in [4.69, 9.17) is 0 Å². The maximum atomic E-state index is 13.4. The lowest BCUT2D eigenvalue weighted by atomic mass is 9.92. The number of likely N-dealkylation sites (tertiary alicyclic amines) is 1. The number of hydrogen-bond donors (Lipinski definition) is 1. The van der Waals surface area contributed by atoms with Gasteiger partial charge in [0.15, 0.2) is 5.69 Å². The van der Waals surface area contributed by atoms with E-state index < -0.39 is 11.3 Å². The van der Waals surface area contributed by atoms with Crippen molar-refractivity contribution < 1.29 is 13.6 Å². The summed E-state index contributed by atoms with van der Waals surface area (Å²) in [4.78, 5) is 15.1. The highest BCUT2D eigenvalue weighted by atomic mass is 32.1. The van der Waals surface area contributed by atoms with Crippen LogP contribution >= 0.6 is 11.3 Å². The third kappa shape index (κ3) is 2.06. The van der Waals surface area contributed by atoms with Gasteiger partial charge in [0.2, 0.25) is 0 Å². The summed E-state index contributed by atoms with van der Waals surface area (Å²) in [5, 5.41) is 8.89. The van der Waals surface area contributed by atoms with E-state index in [0.717, 1.165) is 10.6 Å². The zero-order valence-corrected chi connectivity index (χ0v) is 12.6. The topological polar surface area (TPSA) is 49.0 Å². The van der Waals surface area contributed by atoms with Crippen molar-refractivity contribution in [1.82, 2.24) is 15.1 Å². The van der Waals surface area contributed by atoms with Crippen molar-refractivity contribution in [2.75, 3.05) is 13.1 Å². The van der Waals surface area contributed by atoms with Gasteiger partial charge >= 0.3 is 0 Å². The van der Waals surface area contributed by atoms with Crippen molar-refractivity contribution in [2.24, 2.45) is 5.41 Å². The van der Waals surface area contributed by atoms with Crippen LogP contribution in [0, 0.1) is 5.41 Å². The second-order valence-corrected chi connectivity index (χ2v) is 7.05. The van der Waals surface area contributed by atoms with Crippen molar-refractivity contribution in [1.29, 1.82) is 0 Å². The van der Waals surface area contributed by atoms with E-state index in [-0.39, 0.29) is 12.3 Å². The molecule has 7 heteroatoms. The van der Waals surface area contributed by atoms with Crippen LogP contribution in [0.4, 0.5) is 8.78 Å². The Morgan fingerprint density at radius 1 is 1.36 bits per heavy atom. The molecule has 2 fully saturated rings. The minimum atomic E-state index is -2.53. The van der Waals surface area contributed by atoms with Crippen molar-refractivity contribution in [3.63, 3.8) is 0 Å². The number of aromatic amines is 1. The molecule has 0 unspecified atom stereocenters. The molecule has 0 atom stereocenters. The van der Waals surface area contributed by atoms with Gasteiger partial charge in [-0.15, -0.1) is 11.3 Å². The van der Waals surface area contributed by atoms with Crippen molar-refractivity contribution in [3.8, 4) is 10.6 Å². The molecule has 0 bridgehead atoms. The predicted octanol–water partition coefficient (Wildman–Crippen LogP) is 3.40. The second kappa shape index (κ2) is 4.62. The molecule has 1 saturated heterocycles. The van der Waals surface area contributed by atoms with Crippen LogP contribution in [-0.2, 0) is 0 Å². The van der Waals surface area contributed by atoms with Crippen LogP contribution in [0.5, 0.6) is 0 Å². The molecule has 4 rings (SSSR count). The molecule has 4 nitrogen and oxygen atoms in total. The minimum absolute atomic E-state index is 0.0209. The number of hydrogen-bond acceptors (Lipinski definition) is 3. The fourth-order valence-corrected chi connectivity index (χ4v) is 3.90. The van der Waals surface area contributed by atoms with Gasteiger partial charge in [0.25, 0.3) is 11.8 Å². The third-order valence-electron chi connectivity index (χ3n) is 4.80. The van der Waals surface area contributed by atoms with Gasteiger partial charge in [-0.2, -0.15) is 5.10 Å². The summed E-state index contributed by atoms with van der Waals surface area (Å²) in [5.74, 6) is -2.71. The number of aromatic nitrogens is 2. The highest BCUT2D eigenvalue weighted by Gasteiger charge is 2.70. The van der Waals surface area contributed by atoms with Gasteiger partial charge < -0.3 is 4.90 Å². The third-order valence-corrected chi connectivity index (χ3v) is 5.71. The molecule has 2 aliphatic rings. The lowest BCUT2D eigenvalue weighted by Crippen LogP contribution is -2.40. The minimum Gasteiger partial charge on any atom is -0.337 e. The van der Waals surface area contributed by atoms with Gasteiger partial charge in [0, 0.05) is 24.9 Å². The van der Waals surface area contributed by atoms with E-state index in [1.807, 2.05) is 17.5 Å². The summed E-state index contributed by atoms with van der Waals surface area (Å²) in [6.07, 6.45) is 0.745. The average Bonchev–Trinajstić information content (AvgIpc) is 3.00. The number of carbonyl (C=O) groups is 1. The standard InChI is InChI=1S/C15H15F2N3OS/c16-15(17)9-14(15)3-5-20(6-4-14)13(21)11-8-10(18-19-11)12-2-1-7-22-12/h1-2,7-8H,3-6,9H2,(H,18,19). The fourth-order valence-electron chi connectivity index (χ4n) is 3.21. The molecule has 2 aromatic heterocycles. The van der Waals surface area contributed by atoms with E-state index in [2.05, 4.69) is 10.2 Å². The Morgan fingerprint density at radius 2 is 2.09 bits per heavy atom. The number of piperidine rings is 1. The van der Waals surface area contributed by atoms with Gasteiger partial charge in [-0.3, -0.25) is 9.89 Å². The molecule has 1 saturated carbocycles. The molecule has 1 aliphatic carbocycles. The molecule has 0 radical (unpaired) electrons. The molecule has 1 aliphatic heterocycles. The maximum absolute atomic E-state index is 13.4. The summed E-state index contributed by atoms with van der Waals surface area (Å²) in [6.45, 7) is 0.769. The zero-order chi connectivity index (χ0) is 15.4. The first-order valence-electron chi connectivity index (χ1n) is 7.27. The number of nitrogens with zero attached hydrogens (tertiary/aromatic N) is 2. The van der Waals surface area contributed by atoms with Gasteiger partial charge in [-0.1, -0.05) is 6.07 Å². The van der Waals surface area contributed by atoms with Crippen molar-refractivity contribution >= 4 is 17.2 Å². The number of carbonyl (C=O) groups excluding carboxylic acids is 1. The maximum Gasteiger partial charge on any atom is 0.274 e. The number of halogens is 2. The highest BCUT2D eigenvalue weighted by molar-refractivity contribution is 7.13. The summed E-state index contributed by atoms with van der Waals surface area (Å²) in [5.41, 5.74) is 0.319. The molecule has 0 aromatic carbocycles. The lowest BCUT2D eigenvalue weighted by Gasteiger charge is -2.31. The number of rotatable bonds is 2.